The van der Waals surface area contributed by atoms with Crippen molar-refractivity contribution in [2.75, 3.05) is 13.7 Å². The largest absolute Gasteiger partial charge is 0.490 e. The van der Waals surface area contributed by atoms with E-state index < -0.39 is 0 Å². The molecule has 0 fully saturated rings. The first kappa shape index (κ1) is 15.4. The highest BCUT2D eigenvalue weighted by Gasteiger charge is 2.07. The van der Waals surface area contributed by atoms with Gasteiger partial charge in [0.2, 0.25) is 0 Å². The molecular weight excluding hydrogens is 323 g/mol. The van der Waals surface area contributed by atoms with E-state index in [1.54, 1.807) is 16.8 Å². The molecule has 0 unspecified atom stereocenters. The van der Waals surface area contributed by atoms with Crippen molar-refractivity contribution < 1.29 is 4.74 Å². The van der Waals surface area contributed by atoms with E-state index in [1.807, 2.05) is 13.2 Å². The van der Waals surface area contributed by atoms with Crippen LogP contribution in [0, 0.1) is 0 Å². The number of ether oxygens (including phenoxy) is 1. The fraction of sp³-hybridized carbons (Fsp3) is 0.333. The van der Waals surface area contributed by atoms with Gasteiger partial charge in [0.25, 0.3) is 0 Å². The maximum atomic E-state index is 6.02. The highest BCUT2D eigenvalue weighted by molar-refractivity contribution is 6.43. The van der Waals surface area contributed by atoms with Crippen molar-refractivity contribution in [2.24, 2.45) is 0 Å². The first-order valence-corrected chi connectivity index (χ1v) is 7.04. The molecule has 5 nitrogen and oxygen atoms in total. The number of aromatic nitrogens is 3. The SMILES string of the molecule is CNCc1cn(CCOc2cc(Cl)c(Cl)cc2Cl)nn1. The van der Waals surface area contributed by atoms with E-state index in [9.17, 15) is 0 Å². The van der Waals surface area contributed by atoms with E-state index in [2.05, 4.69) is 15.6 Å². The molecule has 0 amide bonds. The molecule has 0 radical (unpaired) electrons. The molecule has 0 spiro atoms. The Balaban J connectivity index is 1.90. The van der Waals surface area contributed by atoms with Gasteiger partial charge >= 0.3 is 0 Å². The van der Waals surface area contributed by atoms with Crippen LogP contribution in [0.4, 0.5) is 0 Å². The second-order valence-corrected chi connectivity index (χ2v) is 5.27. The van der Waals surface area contributed by atoms with Gasteiger partial charge in [-0.3, -0.25) is 0 Å². The minimum absolute atomic E-state index is 0.400. The van der Waals surface area contributed by atoms with Gasteiger partial charge < -0.3 is 10.1 Å². The fourth-order valence-electron chi connectivity index (χ4n) is 1.57. The number of halogens is 3. The first-order chi connectivity index (χ1) is 9.60. The Kier molecular flexibility index (Phi) is 5.48. The summed E-state index contributed by atoms with van der Waals surface area (Å²) in [5.74, 6) is 0.497. The van der Waals surface area contributed by atoms with Gasteiger partial charge in [-0.25, -0.2) is 4.68 Å². The van der Waals surface area contributed by atoms with Crippen molar-refractivity contribution in [2.45, 2.75) is 13.1 Å². The normalized spacial score (nSPS) is 10.8. The summed E-state index contributed by atoms with van der Waals surface area (Å²) in [6.07, 6.45) is 1.86. The molecule has 20 heavy (non-hydrogen) atoms. The first-order valence-electron chi connectivity index (χ1n) is 5.91. The van der Waals surface area contributed by atoms with Crippen LogP contribution in [-0.4, -0.2) is 28.6 Å². The van der Waals surface area contributed by atoms with Crippen molar-refractivity contribution in [1.29, 1.82) is 0 Å². The quantitative estimate of drug-likeness (QED) is 0.824. The summed E-state index contributed by atoms with van der Waals surface area (Å²) < 4.78 is 7.27. The Morgan fingerprint density at radius 1 is 1.20 bits per heavy atom. The summed E-state index contributed by atoms with van der Waals surface area (Å²) in [5, 5.41) is 12.2. The third kappa shape index (κ3) is 3.99. The number of benzene rings is 1. The Morgan fingerprint density at radius 2 is 1.95 bits per heavy atom. The molecule has 0 atom stereocenters. The van der Waals surface area contributed by atoms with E-state index in [-0.39, 0.29) is 0 Å². The van der Waals surface area contributed by atoms with Crippen LogP contribution in [0.1, 0.15) is 5.69 Å². The predicted molar refractivity (Wildman–Crippen MR) is 79.8 cm³/mol. The number of hydrogen-bond acceptors (Lipinski definition) is 4. The lowest BCUT2D eigenvalue weighted by molar-refractivity contribution is 0.290. The number of rotatable bonds is 6. The van der Waals surface area contributed by atoms with Crippen molar-refractivity contribution in [3.63, 3.8) is 0 Å². The van der Waals surface area contributed by atoms with Crippen molar-refractivity contribution >= 4 is 34.8 Å². The third-order valence-electron chi connectivity index (χ3n) is 2.50. The molecule has 8 heteroatoms. The summed E-state index contributed by atoms with van der Waals surface area (Å²) >= 11 is 17.8. The Hall–Kier alpha value is -1.01. The number of nitrogens with zero attached hydrogens (tertiary/aromatic N) is 3. The molecule has 1 aromatic heterocycles. The zero-order chi connectivity index (χ0) is 14.5. The van der Waals surface area contributed by atoms with Gasteiger partial charge in [-0.05, 0) is 13.1 Å². The highest BCUT2D eigenvalue weighted by atomic mass is 35.5. The Labute approximate surface area is 131 Å². The molecule has 0 aliphatic heterocycles. The second kappa shape index (κ2) is 7.13. The lowest BCUT2D eigenvalue weighted by Gasteiger charge is -2.09. The average molecular weight is 336 g/mol. The van der Waals surface area contributed by atoms with Gasteiger partial charge in [-0.15, -0.1) is 5.10 Å². The van der Waals surface area contributed by atoms with Gasteiger partial charge in [0.1, 0.15) is 12.4 Å². The average Bonchev–Trinajstić information content (AvgIpc) is 2.84. The van der Waals surface area contributed by atoms with Crippen LogP contribution in [0.5, 0.6) is 5.75 Å². The molecule has 2 rings (SSSR count). The van der Waals surface area contributed by atoms with E-state index in [0.717, 1.165) is 5.69 Å². The van der Waals surface area contributed by atoms with Crippen molar-refractivity contribution in [3.05, 3.63) is 39.1 Å². The second-order valence-electron chi connectivity index (χ2n) is 4.05. The topological polar surface area (TPSA) is 52.0 Å². The predicted octanol–water partition coefficient (Wildman–Crippen LogP) is 3.04. The van der Waals surface area contributed by atoms with Crippen LogP contribution in [-0.2, 0) is 13.1 Å². The smallest absolute Gasteiger partial charge is 0.139 e. The summed E-state index contributed by atoms with van der Waals surface area (Å²) in [6, 6.07) is 3.15. The standard InChI is InChI=1S/C12H13Cl3N4O/c1-16-6-8-7-19(18-17-8)2-3-20-12-5-10(14)9(13)4-11(12)15/h4-5,7,16H,2-3,6H2,1H3. The van der Waals surface area contributed by atoms with Gasteiger partial charge in [0.05, 0.1) is 27.3 Å². The maximum Gasteiger partial charge on any atom is 0.139 e. The molecule has 1 heterocycles. The number of hydrogen-bond donors (Lipinski definition) is 1. The molecule has 1 aromatic carbocycles. The molecule has 1 N–H and O–H groups in total. The van der Waals surface area contributed by atoms with Gasteiger partial charge in [-0.1, -0.05) is 40.0 Å². The molecule has 0 saturated carbocycles. The van der Waals surface area contributed by atoms with Gasteiger partial charge in [0.15, 0.2) is 0 Å². The fourth-order valence-corrected chi connectivity index (χ4v) is 2.17. The Bertz CT molecular complexity index is 588. The van der Waals surface area contributed by atoms with Crippen LogP contribution in [0.2, 0.25) is 15.1 Å². The minimum Gasteiger partial charge on any atom is -0.490 e. The van der Waals surface area contributed by atoms with E-state index in [1.165, 1.54) is 0 Å². The molecular formula is C12H13Cl3N4O. The van der Waals surface area contributed by atoms with E-state index in [0.29, 0.717) is 40.5 Å². The summed E-state index contributed by atoms with van der Waals surface area (Å²) in [6.45, 7) is 1.65. The van der Waals surface area contributed by atoms with Crippen molar-refractivity contribution in [1.82, 2.24) is 20.3 Å². The summed E-state index contributed by atoms with van der Waals surface area (Å²) in [7, 11) is 1.86. The van der Waals surface area contributed by atoms with Crippen molar-refractivity contribution in [3.8, 4) is 5.75 Å². The van der Waals surface area contributed by atoms with Gasteiger partial charge in [-0.2, -0.15) is 0 Å². The van der Waals surface area contributed by atoms with Crippen LogP contribution in [0.25, 0.3) is 0 Å². The minimum atomic E-state index is 0.400. The number of nitrogens with one attached hydrogen (secondary N) is 1. The monoisotopic (exact) mass is 334 g/mol. The van der Waals surface area contributed by atoms with Gasteiger partial charge in [0, 0.05) is 18.8 Å². The lowest BCUT2D eigenvalue weighted by Crippen LogP contribution is -2.09. The van der Waals surface area contributed by atoms with E-state index in [4.69, 9.17) is 39.5 Å². The molecule has 108 valence electrons. The summed E-state index contributed by atoms with van der Waals surface area (Å²) in [4.78, 5) is 0. The zero-order valence-electron chi connectivity index (χ0n) is 10.7. The van der Waals surface area contributed by atoms with Crippen LogP contribution < -0.4 is 10.1 Å². The van der Waals surface area contributed by atoms with Crippen LogP contribution in [0.3, 0.4) is 0 Å². The lowest BCUT2D eigenvalue weighted by atomic mass is 10.3. The molecule has 0 bridgehead atoms. The van der Waals surface area contributed by atoms with Crippen LogP contribution >= 0.6 is 34.8 Å². The molecule has 2 aromatic rings. The zero-order valence-corrected chi connectivity index (χ0v) is 13.0. The highest BCUT2D eigenvalue weighted by Crippen LogP contribution is 2.33. The summed E-state index contributed by atoms with van der Waals surface area (Å²) in [5.41, 5.74) is 0.875. The Morgan fingerprint density at radius 3 is 2.70 bits per heavy atom. The molecule has 0 saturated heterocycles. The molecule has 0 aliphatic carbocycles. The van der Waals surface area contributed by atoms with Crippen LogP contribution in [0.15, 0.2) is 18.3 Å². The third-order valence-corrected chi connectivity index (χ3v) is 3.51. The van der Waals surface area contributed by atoms with E-state index >= 15 is 0 Å². The molecule has 0 aliphatic rings. The maximum absolute atomic E-state index is 6.02.